The van der Waals surface area contributed by atoms with Gasteiger partial charge in [0.2, 0.25) is 11.8 Å². The minimum absolute atomic E-state index is 0.0378. The molecule has 3 aromatic rings. The number of anilines is 1. The van der Waals surface area contributed by atoms with Gasteiger partial charge in [0.15, 0.2) is 0 Å². The molecule has 2 aromatic carbocycles. The number of piperazine rings is 1. The average molecular weight is 464 g/mol. The van der Waals surface area contributed by atoms with E-state index >= 15 is 0 Å². The van der Waals surface area contributed by atoms with Gasteiger partial charge in [-0.1, -0.05) is 37.3 Å². The first kappa shape index (κ1) is 23.7. The van der Waals surface area contributed by atoms with Crippen LogP contribution >= 0.6 is 0 Å². The maximum absolute atomic E-state index is 13.9. The number of carbonyl (C=O) groups is 2. The Balaban J connectivity index is 1.21. The van der Waals surface area contributed by atoms with Crippen LogP contribution in [0, 0.1) is 5.82 Å². The second-order valence-corrected chi connectivity index (χ2v) is 8.46. The summed E-state index contributed by atoms with van der Waals surface area (Å²) in [5.74, 6) is 0.817. The average Bonchev–Trinajstić information content (AvgIpc) is 3.32. The van der Waals surface area contributed by atoms with Crippen molar-refractivity contribution in [1.29, 1.82) is 0 Å². The summed E-state index contributed by atoms with van der Waals surface area (Å²) in [5.41, 5.74) is 2.39. The van der Waals surface area contributed by atoms with Crippen molar-refractivity contribution in [3.63, 3.8) is 0 Å². The van der Waals surface area contributed by atoms with Crippen molar-refractivity contribution in [2.45, 2.75) is 26.2 Å². The number of furan rings is 1. The van der Waals surface area contributed by atoms with Crippen LogP contribution in [-0.2, 0) is 22.4 Å². The SMILES string of the molecule is CCc1ccccc1NC(=O)CN1CCN(C(=O)CCc2ccc(-c3ccccc3F)o2)CC1. The first-order valence-corrected chi connectivity index (χ1v) is 11.7. The third-order valence-corrected chi connectivity index (χ3v) is 6.15. The molecule has 0 saturated carbocycles. The summed E-state index contributed by atoms with van der Waals surface area (Å²) >= 11 is 0. The van der Waals surface area contributed by atoms with E-state index in [0.717, 1.165) is 17.7 Å². The van der Waals surface area contributed by atoms with Crippen molar-refractivity contribution in [2.24, 2.45) is 0 Å². The number of rotatable bonds is 8. The number of nitrogens with one attached hydrogen (secondary N) is 1. The highest BCUT2D eigenvalue weighted by atomic mass is 19.1. The van der Waals surface area contributed by atoms with Gasteiger partial charge >= 0.3 is 0 Å². The second-order valence-electron chi connectivity index (χ2n) is 8.46. The van der Waals surface area contributed by atoms with E-state index in [1.807, 2.05) is 29.2 Å². The Hall–Kier alpha value is -3.45. The highest BCUT2D eigenvalue weighted by molar-refractivity contribution is 5.93. The van der Waals surface area contributed by atoms with E-state index < -0.39 is 0 Å². The molecule has 1 fully saturated rings. The number of amides is 2. The van der Waals surface area contributed by atoms with Crippen molar-refractivity contribution < 1.29 is 18.4 Å². The van der Waals surface area contributed by atoms with Gasteiger partial charge in [0, 0.05) is 44.7 Å². The fraction of sp³-hybridized carbons (Fsp3) is 0.333. The van der Waals surface area contributed by atoms with E-state index in [1.54, 1.807) is 30.3 Å². The Morgan fingerprint density at radius 3 is 2.47 bits per heavy atom. The van der Waals surface area contributed by atoms with E-state index in [1.165, 1.54) is 6.07 Å². The molecule has 1 aliphatic rings. The van der Waals surface area contributed by atoms with Gasteiger partial charge in [-0.15, -0.1) is 0 Å². The third-order valence-electron chi connectivity index (χ3n) is 6.15. The van der Waals surface area contributed by atoms with Crippen LogP contribution in [0.25, 0.3) is 11.3 Å². The normalized spacial score (nSPS) is 14.2. The molecule has 34 heavy (non-hydrogen) atoms. The van der Waals surface area contributed by atoms with Gasteiger partial charge in [-0.3, -0.25) is 14.5 Å². The second kappa shape index (κ2) is 11.1. The Labute approximate surface area is 199 Å². The highest BCUT2D eigenvalue weighted by Gasteiger charge is 2.23. The molecular weight excluding hydrogens is 433 g/mol. The van der Waals surface area contributed by atoms with Crippen LogP contribution in [0.4, 0.5) is 10.1 Å². The van der Waals surface area contributed by atoms with Gasteiger partial charge in [0.1, 0.15) is 17.3 Å². The topological polar surface area (TPSA) is 65.8 Å². The lowest BCUT2D eigenvalue weighted by Crippen LogP contribution is -2.50. The highest BCUT2D eigenvalue weighted by Crippen LogP contribution is 2.25. The van der Waals surface area contributed by atoms with Crippen LogP contribution in [0.2, 0.25) is 0 Å². The first-order chi connectivity index (χ1) is 16.5. The van der Waals surface area contributed by atoms with Crippen molar-refractivity contribution in [3.8, 4) is 11.3 Å². The molecule has 1 aliphatic heterocycles. The quantitative estimate of drug-likeness (QED) is 0.539. The number of para-hydroxylation sites is 1. The predicted octanol–water partition coefficient (Wildman–Crippen LogP) is 4.36. The Bertz CT molecular complexity index is 1140. The lowest BCUT2D eigenvalue weighted by atomic mass is 10.1. The standard InChI is InChI=1S/C27H30FN3O3/c1-2-20-7-3-6-10-24(20)29-26(32)19-30-15-17-31(18-16-30)27(33)14-12-21-11-13-25(34-21)22-8-4-5-9-23(22)28/h3-11,13H,2,12,14-19H2,1H3,(H,29,32). The summed E-state index contributed by atoms with van der Waals surface area (Å²) in [6, 6.07) is 17.8. The molecule has 0 bridgehead atoms. The molecule has 4 rings (SSSR count). The van der Waals surface area contributed by atoms with E-state index in [0.29, 0.717) is 62.6 Å². The van der Waals surface area contributed by atoms with Crippen LogP contribution in [0.1, 0.15) is 24.7 Å². The predicted molar refractivity (Wildman–Crippen MR) is 130 cm³/mol. The lowest BCUT2D eigenvalue weighted by molar-refractivity contribution is -0.133. The molecule has 0 aliphatic carbocycles. The molecule has 1 saturated heterocycles. The van der Waals surface area contributed by atoms with Gasteiger partial charge in [0.25, 0.3) is 0 Å². The zero-order chi connectivity index (χ0) is 23.9. The molecule has 1 N–H and O–H groups in total. The first-order valence-electron chi connectivity index (χ1n) is 11.7. The number of nitrogens with zero attached hydrogens (tertiary/aromatic N) is 2. The van der Waals surface area contributed by atoms with Crippen molar-refractivity contribution in [2.75, 3.05) is 38.0 Å². The van der Waals surface area contributed by atoms with Gasteiger partial charge in [-0.2, -0.15) is 0 Å². The number of hydrogen-bond donors (Lipinski definition) is 1. The molecule has 0 atom stereocenters. The third kappa shape index (κ3) is 5.91. The molecule has 0 radical (unpaired) electrons. The van der Waals surface area contributed by atoms with Crippen molar-refractivity contribution >= 4 is 17.5 Å². The number of benzene rings is 2. The number of halogens is 1. The monoisotopic (exact) mass is 463 g/mol. The largest absolute Gasteiger partial charge is 0.461 e. The summed E-state index contributed by atoms with van der Waals surface area (Å²) < 4.78 is 19.7. The molecule has 1 aromatic heterocycles. The van der Waals surface area contributed by atoms with E-state index in [-0.39, 0.29) is 17.6 Å². The van der Waals surface area contributed by atoms with Crippen LogP contribution in [0.5, 0.6) is 0 Å². The fourth-order valence-corrected chi connectivity index (χ4v) is 4.21. The van der Waals surface area contributed by atoms with Crippen LogP contribution < -0.4 is 5.32 Å². The Morgan fingerprint density at radius 1 is 0.971 bits per heavy atom. The Kier molecular flexibility index (Phi) is 7.75. The molecule has 2 heterocycles. The maximum Gasteiger partial charge on any atom is 0.238 e. The molecule has 0 spiro atoms. The van der Waals surface area contributed by atoms with E-state index in [9.17, 15) is 14.0 Å². The van der Waals surface area contributed by atoms with Crippen molar-refractivity contribution in [3.05, 3.63) is 77.8 Å². The number of aryl methyl sites for hydroxylation is 2. The van der Waals surface area contributed by atoms with Crippen LogP contribution in [0.3, 0.4) is 0 Å². The molecular formula is C27H30FN3O3. The minimum atomic E-state index is -0.333. The minimum Gasteiger partial charge on any atom is -0.461 e. The fourth-order valence-electron chi connectivity index (χ4n) is 4.21. The van der Waals surface area contributed by atoms with Crippen LogP contribution in [0.15, 0.2) is 65.1 Å². The smallest absolute Gasteiger partial charge is 0.238 e. The van der Waals surface area contributed by atoms with Gasteiger partial charge in [-0.05, 0) is 42.3 Å². The summed E-state index contributed by atoms with van der Waals surface area (Å²) in [6.07, 6.45) is 1.66. The van der Waals surface area contributed by atoms with Crippen LogP contribution in [-0.4, -0.2) is 54.3 Å². The van der Waals surface area contributed by atoms with Crippen molar-refractivity contribution in [1.82, 2.24) is 9.80 Å². The van der Waals surface area contributed by atoms with Gasteiger partial charge in [0.05, 0.1) is 12.1 Å². The number of hydrogen-bond acceptors (Lipinski definition) is 4. The van der Waals surface area contributed by atoms with E-state index in [4.69, 9.17) is 4.42 Å². The van der Waals surface area contributed by atoms with Gasteiger partial charge in [-0.25, -0.2) is 4.39 Å². The molecule has 178 valence electrons. The maximum atomic E-state index is 13.9. The summed E-state index contributed by atoms with van der Waals surface area (Å²) in [4.78, 5) is 29.1. The van der Waals surface area contributed by atoms with E-state index in [2.05, 4.69) is 17.1 Å². The molecule has 2 amide bonds. The zero-order valence-corrected chi connectivity index (χ0v) is 19.4. The molecule has 0 unspecified atom stereocenters. The molecule has 6 nitrogen and oxygen atoms in total. The zero-order valence-electron chi connectivity index (χ0n) is 19.4. The molecule has 7 heteroatoms. The Morgan fingerprint density at radius 2 is 1.71 bits per heavy atom. The lowest BCUT2D eigenvalue weighted by Gasteiger charge is -2.34. The summed E-state index contributed by atoms with van der Waals surface area (Å²) in [7, 11) is 0. The summed E-state index contributed by atoms with van der Waals surface area (Å²) in [5, 5.41) is 3.00. The summed E-state index contributed by atoms with van der Waals surface area (Å²) in [6.45, 7) is 4.88. The number of carbonyl (C=O) groups excluding carboxylic acids is 2. The van der Waals surface area contributed by atoms with Gasteiger partial charge < -0.3 is 14.6 Å².